The lowest BCUT2D eigenvalue weighted by atomic mass is 10.1. The molecule has 126 valence electrons. The number of nitrogens with one attached hydrogen (secondary N) is 1. The molecule has 1 N–H and O–H groups in total. The Balaban J connectivity index is 2.04. The molecule has 7 heteroatoms. The van der Waals surface area contributed by atoms with Crippen molar-refractivity contribution in [2.45, 2.75) is 32.7 Å². The van der Waals surface area contributed by atoms with Crippen LogP contribution in [0.4, 0.5) is 0 Å². The lowest BCUT2D eigenvalue weighted by Crippen LogP contribution is -2.42. The van der Waals surface area contributed by atoms with Gasteiger partial charge in [0.05, 0.1) is 23.8 Å². The zero-order chi connectivity index (χ0) is 17.0. The number of esters is 1. The Labute approximate surface area is 140 Å². The van der Waals surface area contributed by atoms with Crippen LogP contribution in [0.5, 0.6) is 11.5 Å². The summed E-state index contributed by atoms with van der Waals surface area (Å²) in [5, 5.41) is 2.98. The minimum atomic E-state index is -0.647. The second-order valence-electron chi connectivity index (χ2n) is 6.21. The largest absolute Gasteiger partial charge is 0.489 e. The Morgan fingerprint density at radius 3 is 2.65 bits per heavy atom. The summed E-state index contributed by atoms with van der Waals surface area (Å²) >= 11 is 6.12. The van der Waals surface area contributed by atoms with Gasteiger partial charge in [-0.15, -0.1) is 0 Å². The highest BCUT2D eigenvalue weighted by atomic mass is 35.5. The van der Waals surface area contributed by atoms with Crippen LogP contribution in [-0.2, 0) is 9.53 Å². The summed E-state index contributed by atoms with van der Waals surface area (Å²) in [6.07, 6.45) is 0.734. The van der Waals surface area contributed by atoms with E-state index >= 15 is 0 Å². The summed E-state index contributed by atoms with van der Waals surface area (Å²) in [7, 11) is 0. The van der Waals surface area contributed by atoms with Gasteiger partial charge in [-0.2, -0.15) is 0 Å². The first-order chi connectivity index (χ1) is 10.8. The lowest BCUT2D eigenvalue weighted by molar-refractivity contribution is -0.125. The molecule has 1 aliphatic rings. The number of amides is 1. The Morgan fingerprint density at radius 2 is 1.96 bits per heavy atom. The van der Waals surface area contributed by atoms with Gasteiger partial charge in [0, 0.05) is 12.0 Å². The fourth-order valence-corrected chi connectivity index (χ4v) is 2.28. The van der Waals surface area contributed by atoms with Gasteiger partial charge < -0.3 is 19.5 Å². The van der Waals surface area contributed by atoms with Crippen molar-refractivity contribution in [3.8, 4) is 11.5 Å². The molecule has 0 aromatic heterocycles. The Kier molecular flexibility index (Phi) is 5.36. The molecule has 0 saturated carbocycles. The standard InChI is InChI=1S/C16H20ClNO5/c1-16(2,3)18-13(19)9-23-15(20)10-7-11(17)14-12(8-10)21-5-4-6-22-14/h7-8H,4-6,9H2,1-3H3,(H,18,19). The molecule has 1 aliphatic heterocycles. The molecule has 0 unspecified atom stereocenters. The first-order valence-corrected chi connectivity index (χ1v) is 7.71. The van der Waals surface area contributed by atoms with E-state index in [2.05, 4.69) is 5.32 Å². The average Bonchev–Trinajstić information content (AvgIpc) is 2.68. The molecular weight excluding hydrogens is 322 g/mol. The highest BCUT2D eigenvalue weighted by Crippen LogP contribution is 2.38. The van der Waals surface area contributed by atoms with Crippen molar-refractivity contribution in [1.82, 2.24) is 5.32 Å². The molecule has 2 rings (SSSR count). The number of ether oxygens (including phenoxy) is 3. The third-order valence-electron chi connectivity index (χ3n) is 2.89. The molecule has 23 heavy (non-hydrogen) atoms. The summed E-state index contributed by atoms with van der Waals surface area (Å²) in [5.41, 5.74) is -0.176. The van der Waals surface area contributed by atoms with E-state index in [0.717, 1.165) is 6.42 Å². The summed E-state index contributed by atoms with van der Waals surface area (Å²) in [5.74, 6) is -0.190. The number of benzene rings is 1. The van der Waals surface area contributed by atoms with Gasteiger partial charge in [-0.25, -0.2) is 4.79 Å². The van der Waals surface area contributed by atoms with Crippen LogP contribution in [0.1, 0.15) is 37.6 Å². The Morgan fingerprint density at radius 1 is 1.26 bits per heavy atom. The lowest BCUT2D eigenvalue weighted by Gasteiger charge is -2.20. The Hall–Kier alpha value is -1.95. The molecule has 6 nitrogen and oxygen atoms in total. The van der Waals surface area contributed by atoms with Crippen molar-refractivity contribution < 1.29 is 23.8 Å². The van der Waals surface area contributed by atoms with Gasteiger partial charge in [0.2, 0.25) is 0 Å². The van der Waals surface area contributed by atoms with Crippen molar-refractivity contribution in [3.05, 3.63) is 22.7 Å². The highest BCUT2D eigenvalue weighted by Gasteiger charge is 2.20. The van der Waals surface area contributed by atoms with Crippen LogP contribution in [0.15, 0.2) is 12.1 Å². The second kappa shape index (κ2) is 7.08. The molecule has 0 atom stereocenters. The van der Waals surface area contributed by atoms with Crippen LogP contribution in [0.25, 0.3) is 0 Å². The quantitative estimate of drug-likeness (QED) is 0.855. The monoisotopic (exact) mass is 341 g/mol. The predicted octanol–water partition coefficient (Wildman–Crippen LogP) is 2.57. The number of carbonyl (C=O) groups excluding carboxylic acids is 2. The summed E-state index contributed by atoms with van der Waals surface area (Å²) in [6.45, 7) is 6.16. The van der Waals surface area contributed by atoms with Crippen molar-refractivity contribution in [2.24, 2.45) is 0 Å². The van der Waals surface area contributed by atoms with Crippen molar-refractivity contribution in [2.75, 3.05) is 19.8 Å². The van der Waals surface area contributed by atoms with Crippen molar-refractivity contribution in [1.29, 1.82) is 0 Å². The minimum absolute atomic E-state index is 0.211. The third kappa shape index (κ3) is 5.03. The van der Waals surface area contributed by atoms with E-state index in [1.807, 2.05) is 20.8 Å². The number of hydrogen-bond donors (Lipinski definition) is 1. The number of fused-ring (bicyclic) bond motifs is 1. The van der Waals surface area contributed by atoms with Gasteiger partial charge in [0.15, 0.2) is 18.1 Å². The number of halogens is 1. The highest BCUT2D eigenvalue weighted by molar-refractivity contribution is 6.32. The molecule has 1 heterocycles. The fraction of sp³-hybridized carbons (Fsp3) is 0.500. The average molecular weight is 342 g/mol. The van der Waals surface area contributed by atoms with E-state index in [4.69, 9.17) is 25.8 Å². The fourth-order valence-electron chi connectivity index (χ4n) is 2.02. The zero-order valence-corrected chi connectivity index (χ0v) is 14.2. The molecule has 1 aromatic rings. The molecule has 0 saturated heterocycles. The van der Waals surface area contributed by atoms with Crippen molar-refractivity contribution >= 4 is 23.5 Å². The van der Waals surface area contributed by atoms with Crippen LogP contribution in [-0.4, -0.2) is 37.2 Å². The summed E-state index contributed by atoms with van der Waals surface area (Å²) in [4.78, 5) is 23.8. The van der Waals surface area contributed by atoms with Crippen LogP contribution in [0, 0.1) is 0 Å². The van der Waals surface area contributed by atoms with Gasteiger partial charge in [0.25, 0.3) is 5.91 Å². The van der Waals surface area contributed by atoms with Gasteiger partial charge in [-0.3, -0.25) is 4.79 Å². The molecule has 0 spiro atoms. The van der Waals surface area contributed by atoms with Crippen molar-refractivity contribution in [3.63, 3.8) is 0 Å². The maximum absolute atomic E-state index is 12.1. The van der Waals surface area contributed by atoms with Crippen LogP contribution < -0.4 is 14.8 Å². The molecule has 1 amide bonds. The molecule has 0 bridgehead atoms. The maximum atomic E-state index is 12.1. The van der Waals surface area contributed by atoms with Crippen LogP contribution in [0.3, 0.4) is 0 Å². The number of hydrogen-bond acceptors (Lipinski definition) is 5. The van der Waals surface area contributed by atoms with Crippen LogP contribution >= 0.6 is 11.6 Å². The summed E-state index contributed by atoms with van der Waals surface area (Å²) < 4.78 is 16.0. The van der Waals surface area contributed by atoms with Crippen LogP contribution in [0.2, 0.25) is 5.02 Å². The van der Waals surface area contributed by atoms with Gasteiger partial charge in [0.1, 0.15) is 0 Å². The van der Waals surface area contributed by atoms with E-state index in [9.17, 15) is 9.59 Å². The zero-order valence-electron chi connectivity index (χ0n) is 13.4. The van der Waals surface area contributed by atoms with Gasteiger partial charge in [-0.05, 0) is 32.9 Å². The normalized spacial score (nSPS) is 13.9. The van der Waals surface area contributed by atoms with E-state index in [0.29, 0.717) is 24.7 Å². The van der Waals surface area contributed by atoms with E-state index in [1.54, 1.807) is 0 Å². The molecule has 0 radical (unpaired) electrons. The number of rotatable bonds is 3. The topological polar surface area (TPSA) is 73.9 Å². The predicted molar refractivity (Wildman–Crippen MR) is 85.2 cm³/mol. The smallest absolute Gasteiger partial charge is 0.338 e. The van der Waals surface area contributed by atoms with Gasteiger partial charge in [-0.1, -0.05) is 11.6 Å². The molecule has 1 aromatic carbocycles. The third-order valence-corrected chi connectivity index (χ3v) is 3.17. The molecule has 0 fully saturated rings. The second-order valence-corrected chi connectivity index (χ2v) is 6.62. The first kappa shape index (κ1) is 17.4. The first-order valence-electron chi connectivity index (χ1n) is 7.33. The van der Waals surface area contributed by atoms with Gasteiger partial charge >= 0.3 is 5.97 Å². The summed E-state index contributed by atoms with van der Waals surface area (Å²) in [6, 6.07) is 2.95. The van der Waals surface area contributed by atoms with E-state index in [1.165, 1.54) is 12.1 Å². The van der Waals surface area contributed by atoms with E-state index in [-0.39, 0.29) is 28.6 Å². The molecule has 0 aliphatic carbocycles. The van der Waals surface area contributed by atoms with E-state index < -0.39 is 5.97 Å². The number of carbonyl (C=O) groups is 2. The maximum Gasteiger partial charge on any atom is 0.338 e. The Bertz CT molecular complexity index is 609. The SMILES string of the molecule is CC(C)(C)NC(=O)COC(=O)c1cc(Cl)c2c(c1)OCCCO2. The molecular formula is C16H20ClNO5. The minimum Gasteiger partial charge on any atom is -0.489 e.